The van der Waals surface area contributed by atoms with E-state index in [1.165, 1.54) is 6.20 Å². The molecule has 246 valence electrons. The molecule has 6 aliphatic rings. The van der Waals surface area contributed by atoms with Gasteiger partial charge < -0.3 is 29.7 Å². The summed E-state index contributed by atoms with van der Waals surface area (Å²) in [5.41, 5.74) is 0.547. The van der Waals surface area contributed by atoms with Crippen molar-refractivity contribution in [3.05, 3.63) is 47.2 Å². The molecule has 13 heteroatoms. The van der Waals surface area contributed by atoms with Gasteiger partial charge in [0.2, 0.25) is 0 Å². The van der Waals surface area contributed by atoms with Crippen molar-refractivity contribution in [2.75, 3.05) is 46.9 Å². The second-order valence-electron chi connectivity index (χ2n) is 13.4. The molecule has 12 nitrogen and oxygen atoms in total. The lowest BCUT2D eigenvalue weighted by molar-refractivity contribution is -0.217. The standard InChI is InChI=1S/C33H39FN4O8/c1-36-7-9-37(10-8-36)27-22(34)11-20-26-31(27)46-25-13-19-18(28(40)16-5-3-4-6-17(16)29(19)41)12-24(25)38(26)14-21(30(20)42)32(43)35-23(15-39)33(44)45-2/h3-6,14,18-20,22-27,31,39H,7-13,15H2,1-2H3,(H,35,43). The summed E-state index contributed by atoms with van der Waals surface area (Å²) in [6, 6.07) is 3.76. The van der Waals surface area contributed by atoms with Crippen molar-refractivity contribution < 1.29 is 42.9 Å². The number of esters is 1. The highest BCUT2D eigenvalue weighted by molar-refractivity contribution is 6.21. The molecule has 10 atom stereocenters. The third-order valence-electron chi connectivity index (χ3n) is 11.1. The quantitative estimate of drug-likeness (QED) is 0.332. The smallest absolute Gasteiger partial charge is 0.330 e. The first-order valence-electron chi connectivity index (χ1n) is 16.1. The molecule has 1 amide bonds. The number of nitrogens with one attached hydrogen (secondary N) is 1. The first kappa shape index (κ1) is 31.1. The average molecular weight is 639 g/mol. The number of Topliss-reactive ketones (excluding diaryl/α,β-unsaturated/α-hetero) is 3. The second kappa shape index (κ2) is 11.9. The number of fused-ring (bicyclic) bond motifs is 4. The summed E-state index contributed by atoms with van der Waals surface area (Å²) in [7, 11) is 3.13. The topological polar surface area (TPSA) is 146 Å². The Balaban J connectivity index is 1.27. The molecule has 7 rings (SSSR count). The van der Waals surface area contributed by atoms with E-state index in [0.29, 0.717) is 24.2 Å². The number of benzene rings is 1. The Morgan fingerprint density at radius 1 is 0.978 bits per heavy atom. The molecule has 46 heavy (non-hydrogen) atoms. The van der Waals surface area contributed by atoms with Crippen LogP contribution in [0.3, 0.4) is 0 Å². The molecule has 0 spiro atoms. The number of hydrogen-bond acceptors (Lipinski definition) is 11. The van der Waals surface area contributed by atoms with E-state index in [2.05, 4.69) is 19.9 Å². The number of carbonyl (C=O) groups excluding carboxylic acids is 5. The van der Waals surface area contributed by atoms with E-state index in [0.717, 1.165) is 20.2 Å². The summed E-state index contributed by atoms with van der Waals surface area (Å²) in [5, 5.41) is 12.1. The van der Waals surface area contributed by atoms with Gasteiger partial charge in [0.15, 0.2) is 23.4 Å². The molecule has 3 aliphatic heterocycles. The van der Waals surface area contributed by atoms with Gasteiger partial charge >= 0.3 is 5.97 Å². The lowest BCUT2D eigenvalue weighted by atomic mass is 9.63. The van der Waals surface area contributed by atoms with Crippen molar-refractivity contribution in [3.8, 4) is 0 Å². The van der Waals surface area contributed by atoms with Gasteiger partial charge in [-0.15, -0.1) is 0 Å². The lowest BCUT2D eigenvalue weighted by Crippen LogP contribution is -2.74. The van der Waals surface area contributed by atoms with E-state index in [9.17, 15) is 29.1 Å². The number of methoxy groups -OCH3 is 1. The first-order chi connectivity index (χ1) is 22.1. The number of hydrogen-bond donors (Lipinski definition) is 2. The molecule has 3 aliphatic carbocycles. The Morgan fingerprint density at radius 3 is 2.26 bits per heavy atom. The third-order valence-corrected chi connectivity index (χ3v) is 11.1. The maximum atomic E-state index is 16.4. The van der Waals surface area contributed by atoms with Crippen molar-refractivity contribution >= 4 is 29.2 Å². The van der Waals surface area contributed by atoms with Crippen molar-refractivity contribution in [2.24, 2.45) is 17.8 Å². The minimum Gasteiger partial charge on any atom is -0.467 e. The Labute approximate surface area is 265 Å². The number of aliphatic hydroxyl groups excluding tert-OH is 1. The van der Waals surface area contributed by atoms with Gasteiger partial charge in [-0.2, -0.15) is 0 Å². The zero-order chi connectivity index (χ0) is 32.4. The van der Waals surface area contributed by atoms with Gasteiger partial charge in [-0.25, -0.2) is 9.18 Å². The van der Waals surface area contributed by atoms with E-state index in [4.69, 9.17) is 4.74 Å². The lowest BCUT2D eigenvalue weighted by Gasteiger charge is -2.61. The third kappa shape index (κ3) is 4.90. The number of alkyl halides is 1. The van der Waals surface area contributed by atoms with Crippen LogP contribution in [0.25, 0.3) is 0 Å². The zero-order valence-corrected chi connectivity index (χ0v) is 25.8. The number of halogens is 1. The zero-order valence-electron chi connectivity index (χ0n) is 25.8. The fraction of sp³-hybridized carbons (Fsp3) is 0.606. The summed E-state index contributed by atoms with van der Waals surface area (Å²) in [6.45, 7) is 2.05. The fourth-order valence-electron chi connectivity index (χ4n) is 8.76. The highest BCUT2D eigenvalue weighted by Gasteiger charge is 2.62. The van der Waals surface area contributed by atoms with E-state index in [-0.39, 0.29) is 36.4 Å². The van der Waals surface area contributed by atoms with E-state index >= 15 is 4.39 Å². The molecule has 3 heterocycles. The number of rotatable bonds is 5. The fourth-order valence-corrected chi connectivity index (χ4v) is 8.76. The molecule has 0 radical (unpaired) electrons. The van der Waals surface area contributed by atoms with Crippen LogP contribution in [0.1, 0.15) is 40.0 Å². The normalized spacial score (nSPS) is 36.4. The molecule has 0 bridgehead atoms. The molecule has 1 aromatic rings. The molecule has 2 saturated carbocycles. The number of morpholine rings is 1. The van der Waals surface area contributed by atoms with Gasteiger partial charge in [-0.3, -0.25) is 24.1 Å². The highest BCUT2D eigenvalue weighted by Crippen LogP contribution is 2.50. The van der Waals surface area contributed by atoms with Crippen molar-refractivity contribution in [3.63, 3.8) is 0 Å². The van der Waals surface area contributed by atoms with Gasteiger partial charge in [0.05, 0.1) is 49.6 Å². The monoisotopic (exact) mass is 638 g/mol. The average Bonchev–Trinajstić information content (AvgIpc) is 3.06. The van der Waals surface area contributed by atoms with Gasteiger partial charge in [0.25, 0.3) is 5.91 Å². The highest BCUT2D eigenvalue weighted by atomic mass is 19.1. The van der Waals surface area contributed by atoms with Crippen LogP contribution in [-0.2, 0) is 23.9 Å². The molecular formula is C33H39FN4O8. The molecule has 1 aromatic carbocycles. The maximum absolute atomic E-state index is 16.4. The molecule has 2 N–H and O–H groups in total. The van der Waals surface area contributed by atoms with Gasteiger partial charge in [0.1, 0.15) is 6.17 Å². The van der Waals surface area contributed by atoms with E-state index in [1.54, 1.807) is 24.3 Å². The SMILES string of the molecule is COC(=O)C(CO)NC(=O)C1=CN2C3CC4C(=O)c5ccccc5C(=O)C4CC3OC3C(N4CCN(C)CC4)C(F)CC(C1=O)C32. The summed E-state index contributed by atoms with van der Waals surface area (Å²) in [5.74, 6) is -4.64. The molecular weight excluding hydrogens is 599 g/mol. The van der Waals surface area contributed by atoms with E-state index in [1.807, 2.05) is 11.9 Å². The van der Waals surface area contributed by atoms with Crippen LogP contribution in [0.2, 0.25) is 0 Å². The second-order valence-corrected chi connectivity index (χ2v) is 13.4. The van der Waals surface area contributed by atoms with Crippen LogP contribution in [0.4, 0.5) is 4.39 Å². The van der Waals surface area contributed by atoms with E-state index < -0.39 is 84.6 Å². The summed E-state index contributed by atoms with van der Waals surface area (Å²) in [4.78, 5) is 73.2. The number of ether oxygens (including phenoxy) is 2. The number of carbonyl (C=O) groups is 5. The number of aliphatic hydroxyl groups is 1. The Bertz CT molecular complexity index is 1490. The number of amides is 1. The van der Waals surface area contributed by atoms with Gasteiger partial charge in [-0.05, 0) is 26.3 Å². The van der Waals surface area contributed by atoms with Crippen LogP contribution >= 0.6 is 0 Å². The van der Waals surface area contributed by atoms with Crippen LogP contribution < -0.4 is 5.32 Å². The van der Waals surface area contributed by atoms with Crippen LogP contribution in [0, 0.1) is 17.8 Å². The molecule has 10 unspecified atom stereocenters. The number of likely N-dealkylation sites (N-methyl/N-ethyl adjacent to an activating group) is 1. The van der Waals surface area contributed by atoms with Gasteiger partial charge in [0, 0.05) is 61.3 Å². The maximum Gasteiger partial charge on any atom is 0.330 e. The Morgan fingerprint density at radius 2 is 1.63 bits per heavy atom. The first-order valence-corrected chi connectivity index (χ1v) is 16.1. The predicted octanol–water partition coefficient (Wildman–Crippen LogP) is -0.0109. The summed E-state index contributed by atoms with van der Waals surface area (Å²) < 4.78 is 27.8. The predicted molar refractivity (Wildman–Crippen MR) is 159 cm³/mol. The van der Waals surface area contributed by atoms with Crippen LogP contribution in [0.15, 0.2) is 36.0 Å². The van der Waals surface area contributed by atoms with Crippen molar-refractivity contribution in [1.29, 1.82) is 0 Å². The number of piperazine rings is 1. The van der Waals surface area contributed by atoms with Crippen molar-refractivity contribution in [2.45, 2.75) is 61.8 Å². The molecule has 2 saturated heterocycles. The van der Waals surface area contributed by atoms with Crippen LogP contribution in [-0.4, -0.2) is 139 Å². The molecule has 4 fully saturated rings. The summed E-state index contributed by atoms with van der Waals surface area (Å²) in [6.07, 6.45) is -0.814. The Hall–Kier alpha value is -3.52. The molecule has 0 aromatic heterocycles. The number of nitrogens with zero attached hydrogens (tertiary/aromatic N) is 3. The van der Waals surface area contributed by atoms with Crippen LogP contribution in [0.5, 0.6) is 0 Å². The van der Waals surface area contributed by atoms with Crippen molar-refractivity contribution in [1.82, 2.24) is 20.0 Å². The largest absolute Gasteiger partial charge is 0.467 e. The number of ketones is 3. The summed E-state index contributed by atoms with van der Waals surface area (Å²) >= 11 is 0. The minimum absolute atomic E-state index is 0.104. The van der Waals surface area contributed by atoms with Gasteiger partial charge in [-0.1, -0.05) is 24.3 Å². The minimum atomic E-state index is -1.42. The Kier molecular flexibility index (Phi) is 8.07.